The second-order valence-corrected chi connectivity index (χ2v) is 8.92. The standard InChI is InChI=1S/C26H33N5O/c1-18-15-19(2)28-20(3)25(18)29-26(32)31(23-11-6-4-5-7-12-23)17-21-9-8-10-22(16-21)24-13-14-27-30-24/h8-10,13-16,23H,4-7,11-12,17H2,1-3H3,(H,27,30)(H,29,32). The number of aryl methyl sites for hydroxylation is 3. The molecule has 1 fully saturated rings. The van der Waals surface area contributed by atoms with Gasteiger partial charge in [-0.15, -0.1) is 0 Å². The largest absolute Gasteiger partial charge is 0.322 e. The van der Waals surface area contributed by atoms with E-state index in [9.17, 15) is 4.79 Å². The fraction of sp³-hybridized carbons (Fsp3) is 0.423. The van der Waals surface area contributed by atoms with E-state index in [0.717, 1.165) is 52.3 Å². The molecule has 1 saturated carbocycles. The number of aromatic nitrogens is 3. The van der Waals surface area contributed by atoms with Gasteiger partial charge in [0.15, 0.2) is 0 Å². The van der Waals surface area contributed by atoms with Crippen molar-refractivity contribution in [3.05, 3.63) is 65.1 Å². The Hall–Kier alpha value is -3.15. The molecule has 0 aliphatic heterocycles. The first-order chi connectivity index (χ1) is 15.5. The maximum atomic E-state index is 13.6. The smallest absolute Gasteiger partial charge is 0.317 e. The van der Waals surface area contributed by atoms with E-state index >= 15 is 0 Å². The first kappa shape index (κ1) is 22.1. The van der Waals surface area contributed by atoms with Crippen LogP contribution < -0.4 is 5.32 Å². The normalized spacial score (nSPS) is 14.7. The van der Waals surface area contributed by atoms with Gasteiger partial charge in [-0.05, 0) is 68.5 Å². The maximum absolute atomic E-state index is 13.6. The monoisotopic (exact) mass is 431 g/mol. The summed E-state index contributed by atoms with van der Waals surface area (Å²) in [6.45, 7) is 6.55. The molecular weight excluding hydrogens is 398 g/mol. The quantitative estimate of drug-likeness (QED) is 0.476. The van der Waals surface area contributed by atoms with Crippen molar-refractivity contribution < 1.29 is 4.79 Å². The lowest BCUT2D eigenvalue weighted by Crippen LogP contribution is -2.42. The van der Waals surface area contributed by atoms with Gasteiger partial charge in [0.05, 0.1) is 17.1 Å². The Morgan fingerprint density at radius 1 is 1.09 bits per heavy atom. The molecule has 168 valence electrons. The van der Waals surface area contributed by atoms with Crippen molar-refractivity contribution in [2.75, 3.05) is 5.32 Å². The van der Waals surface area contributed by atoms with Crippen LogP contribution in [0.5, 0.6) is 0 Å². The number of nitrogens with zero attached hydrogens (tertiary/aromatic N) is 3. The lowest BCUT2D eigenvalue weighted by Gasteiger charge is -2.32. The fourth-order valence-corrected chi connectivity index (χ4v) is 4.78. The van der Waals surface area contributed by atoms with Crippen LogP contribution in [0.2, 0.25) is 0 Å². The molecule has 4 rings (SSSR count). The minimum atomic E-state index is -0.0410. The van der Waals surface area contributed by atoms with Gasteiger partial charge < -0.3 is 10.2 Å². The summed E-state index contributed by atoms with van der Waals surface area (Å²) in [5, 5.41) is 10.3. The third-order valence-electron chi connectivity index (χ3n) is 6.38. The lowest BCUT2D eigenvalue weighted by atomic mass is 10.0. The van der Waals surface area contributed by atoms with Crippen molar-refractivity contribution >= 4 is 11.7 Å². The summed E-state index contributed by atoms with van der Waals surface area (Å²) in [5.41, 5.74) is 6.87. The van der Waals surface area contributed by atoms with E-state index in [1.165, 1.54) is 25.7 Å². The van der Waals surface area contributed by atoms with Gasteiger partial charge in [0.2, 0.25) is 0 Å². The van der Waals surface area contributed by atoms with Crippen molar-refractivity contribution in [2.45, 2.75) is 71.9 Å². The van der Waals surface area contributed by atoms with Gasteiger partial charge in [0, 0.05) is 24.5 Å². The van der Waals surface area contributed by atoms with Gasteiger partial charge in [-0.25, -0.2) is 4.79 Å². The Morgan fingerprint density at radius 2 is 1.88 bits per heavy atom. The summed E-state index contributed by atoms with van der Waals surface area (Å²) in [6.07, 6.45) is 8.71. The van der Waals surface area contributed by atoms with E-state index in [4.69, 9.17) is 0 Å². The van der Waals surface area contributed by atoms with E-state index in [2.05, 4.69) is 38.7 Å². The number of carbonyl (C=O) groups excluding carboxylic acids is 1. The molecule has 0 bridgehead atoms. The molecule has 3 aromatic rings. The van der Waals surface area contributed by atoms with E-state index in [1.54, 1.807) is 6.20 Å². The minimum absolute atomic E-state index is 0.0410. The molecular formula is C26H33N5O. The fourth-order valence-electron chi connectivity index (χ4n) is 4.78. The highest BCUT2D eigenvalue weighted by molar-refractivity contribution is 5.91. The van der Waals surface area contributed by atoms with E-state index < -0.39 is 0 Å². The lowest BCUT2D eigenvalue weighted by molar-refractivity contribution is 0.175. The molecule has 2 aromatic heterocycles. The summed E-state index contributed by atoms with van der Waals surface area (Å²) in [4.78, 5) is 20.2. The number of hydrogen-bond donors (Lipinski definition) is 2. The Balaban J connectivity index is 1.60. The Morgan fingerprint density at radius 3 is 2.56 bits per heavy atom. The summed E-state index contributed by atoms with van der Waals surface area (Å²) < 4.78 is 0. The average Bonchev–Trinajstić information content (AvgIpc) is 3.18. The van der Waals surface area contributed by atoms with Gasteiger partial charge in [-0.2, -0.15) is 5.10 Å². The number of H-pyrrole nitrogens is 1. The molecule has 6 heteroatoms. The molecule has 2 heterocycles. The molecule has 32 heavy (non-hydrogen) atoms. The number of pyridine rings is 1. The number of nitrogens with one attached hydrogen (secondary N) is 2. The third-order valence-corrected chi connectivity index (χ3v) is 6.38. The molecule has 0 radical (unpaired) electrons. The topological polar surface area (TPSA) is 73.9 Å². The van der Waals surface area contributed by atoms with Crippen molar-refractivity contribution in [3.8, 4) is 11.3 Å². The number of amides is 2. The molecule has 2 amide bonds. The van der Waals surface area contributed by atoms with E-state index in [1.807, 2.05) is 43.9 Å². The number of anilines is 1. The van der Waals surface area contributed by atoms with Crippen LogP contribution in [0.15, 0.2) is 42.6 Å². The second-order valence-electron chi connectivity index (χ2n) is 8.92. The second kappa shape index (κ2) is 9.98. The van der Waals surface area contributed by atoms with Crippen LogP contribution in [-0.4, -0.2) is 32.2 Å². The Kier molecular flexibility index (Phi) is 6.88. The number of carbonyl (C=O) groups is 1. The molecule has 0 atom stereocenters. The SMILES string of the molecule is Cc1cc(C)c(NC(=O)N(Cc2cccc(-c3ccn[nH]3)c2)C2CCCCCC2)c(C)n1. The number of rotatable bonds is 5. The predicted molar refractivity (Wildman–Crippen MR) is 129 cm³/mol. The zero-order chi connectivity index (χ0) is 22.5. The van der Waals surface area contributed by atoms with Crippen LogP contribution in [-0.2, 0) is 6.54 Å². The van der Waals surface area contributed by atoms with E-state index in [0.29, 0.717) is 6.54 Å². The van der Waals surface area contributed by atoms with Crippen LogP contribution in [0.4, 0.5) is 10.5 Å². The van der Waals surface area contributed by atoms with Crippen LogP contribution >= 0.6 is 0 Å². The van der Waals surface area contributed by atoms with Crippen LogP contribution in [0.3, 0.4) is 0 Å². The Bertz CT molecular complexity index is 1030. The zero-order valence-electron chi connectivity index (χ0n) is 19.3. The minimum Gasteiger partial charge on any atom is -0.317 e. The van der Waals surface area contributed by atoms with Crippen LogP contribution in [0, 0.1) is 20.8 Å². The van der Waals surface area contributed by atoms with Crippen molar-refractivity contribution in [1.82, 2.24) is 20.1 Å². The molecule has 2 N–H and O–H groups in total. The molecule has 1 aromatic carbocycles. The van der Waals surface area contributed by atoms with Gasteiger partial charge >= 0.3 is 6.03 Å². The van der Waals surface area contributed by atoms with Crippen molar-refractivity contribution in [2.24, 2.45) is 0 Å². The number of urea groups is 1. The molecule has 6 nitrogen and oxygen atoms in total. The highest BCUT2D eigenvalue weighted by atomic mass is 16.2. The van der Waals surface area contributed by atoms with Crippen molar-refractivity contribution in [3.63, 3.8) is 0 Å². The van der Waals surface area contributed by atoms with Crippen molar-refractivity contribution in [1.29, 1.82) is 0 Å². The highest BCUT2D eigenvalue weighted by Crippen LogP contribution is 2.27. The number of aromatic amines is 1. The van der Waals surface area contributed by atoms with Gasteiger partial charge in [-0.1, -0.05) is 43.9 Å². The third kappa shape index (κ3) is 5.18. The summed E-state index contributed by atoms with van der Waals surface area (Å²) in [7, 11) is 0. The molecule has 1 aliphatic rings. The zero-order valence-corrected chi connectivity index (χ0v) is 19.3. The first-order valence-corrected chi connectivity index (χ1v) is 11.6. The molecule has 0 spiro atoms. The van der Waals surface area contributed by atoms with Gasteiger partial charge in [0.25, 0.3) is 0 Å². The average molecular weight is 432 g/mol. The van der Waals surface area contributed by atoms with Gasteiger partial charge in [-0.3, -0.25) is 10.1 Å². The summed E-state index contributed by atoms with van der Waals surface area (Å²) >= 11 is 0. The highest BCUT2D eigenvalue weighted by Gasteiger charge is 2.26. The molecule has 1 aliphatic carbocycles. The predicted octanol–water partition coefficient (Wildman–Crippen LogP) is 6.15. The van der Waals surface area contributed by atoms with Crippen LogP contribution in [0.25, 0.3) is 11.3 Å². The van der Waals surface area contributed by atoms with Gasteiger partial charge in [0.1, 0.15) is 0 Å². The summed E-state index contributed by atoms with van der Waals surface area (Å²) in [6, 6.07) is 12.5. The number of hydrogen-bond acceptors (Lipinski definition) is 3. The number of benzene rings is 1. The Labute approximate surface area is 190 Å². The van der Waals surface area contributed by atoms with Crippen LogP contribution in [0.1, 0.15) is 61.0 Å². The molecule has 0 unspecified atom stereocenters. The molecule has 0 saturated heterocycles. The summed E-state index contributed by atoms with van der Waals surface area (Å²) in [5.74, 6) is 0. The maximum Gasteiger partial charge on any atom is 0.322 e. The van der Waals surface area contributed by atoms with E-state index in [-0.39, 0.29) is 12.1 Å². The first-order valence-electron chi connectivity index (χ1n) is 11.6.